The summed E-state index contributed by atoms with van der Waals surface area (Å²) in [6, 6.07) is 21.7. The summed E-state index contributed by atoms with van der Waals surface area (Å²) in [5.41, 5.74) is 5.65. The molecule has 0 saturated heterocycles. The van der Waals surface area contributed by atoms with Gasteiger partial charge in [0.1, 0.15) is 11.3 Å². The fraction of sp³-hybridized carbons (Fsp3) is 0.194. The zero-order valence-corrected chi connectivity index (χ0v) is 22.9. The Morgan fingerprint density at radius 2 is 1.73 bits per heavy atom. The number of rotatable bonds is 7. The van der Waals surface area contributed by atoms with E-state index in [4.69, 9.17) is 4.42 Å². The van der Waals surface area contributed by atoms with E-state index in [0.717, 1.165) is 27.7 Å². The molecule has 1 amide bonds. The van der Waals surface area contributed by atoms with Crippen LogP contribution < -0.4 is 0 Å². The zero-order chi connectivity index (χ0) is 28.4. The highest BCUT2D eigenvalue weighted by molar-refractivity contribution is 7.98. The molecule has 0 radical (unpaired) electrons. The molecule has 40 heavy (non-hydrogen) atoms. The Hall–Kier alpha value is -4.11. The molecule has 2 aromatic carbocycles. The maximum absolute atomic E-state index is 14.1. The third-order valence-corrected chi connectivity index (χ3v) is 7.47. The van der Waals surface area contributed by atoms with E-state index in [1.54, 1.807) is 37.0 Å². The number of amides is 1. The van der Waals surface area contributed by atoms with Gasteiger partial charge >= 0.3 is 6.18 Å². The van der Waals surface area contributed by atoms with Crippen molar-refractivity contribution in [3.05, 3.63) is 113 Å². The van der Waals surface area contributed by atoms with Crippen molar-refractivity contribution in [3.63, 3.8) is 0 Å². The third-order valence-electron chi connectivity index (χ3n) is 6.75. The SMILES string of the molecule is CSc1cccc(-c2ccc(CN(Cc3ccc(C(F)(F)F)o3)C(=O)c3c(C)c(C)nc4cccnc34)cc2)c1. The number of fused-ring (bicyclic) bond motifs is 1. The number of hydrogen-bond donors (Lipinski definition) is 0. The van der Waals surface area contributed by atoms with Crippen molar-refractivity contribution in [3.8, 4) is 11.1 Å². The lowest BCUT2D eigenvalue weighted by atomic mass is 10.0. The Bertz CT molecular complexity index is 1680. The highest BCUT2D eigenvalue weighted by Gasteiger charge is 2.35. The Morgan fingerprint density at radius 3 is 2.42 bits per heavy atom. The van der Waals surface area contributed by atoms with Crippen LogP contribution in [0.5, 0.6) is 0 Å². The Balaban J connectivity index is 1.51. The average molecular weight is 562 g/mol. The van der Waals surface area contributed by atoms with E-state index in [0.29, 0.717) is 27.9 Å². The summed E-state index contributed by atoms with van der Waals surface area (Å²) in [5.74, 6) is -1.44. The maximum atomic E-state index is 14.1. The quantitative estimate of drug-likeness (QED) is 0.188. The summed E-state index contributed by atoms with van der Waals surface area (Å²) >= 11 is 1.66. The van der Waals surface area contributed by atoms with E-state index in [2.05, 4.69) is 16.0 Å². The maximum Gasteiger partial charge on any atom is 0.449 e. The Kier molecular flexibility index (Phi) is 7.67. The second kappa shape index (κ2) is 11.2. The van der Waals surface area contributed by atoms with Gasteiger partial charge in [-0.2, -0.15) is 13.2 Å². The highest BCUT2D eigenvalue weighted by atomic mass is 32.2. The molecule has 0 saturated carbocycles. The van der Waals surface area contributed by atoms with Crippen LogP contribution in [0.25, 0.3) is 22.2 Å². The smallest absolute Gasteiger partial charge is 0.449 e. The number of thioether (sulfide) groups is 1. The zero-order valence-electron chi connectivity index (χ0n) is 22.1. The van der Waals surface area contributed by atoms with Gasteiger partial charge in [0.05, 0.1) is 17.6 Å². The highest BCUT2D eigenvalue weighted by Crippen LogP contribution is 2.32. The van der Waals surface area contributed by atoms with Gasteiger partial charge in [0.2, 0.25) is 5.76 Å². The lowest BCUT2D eigenvalue weighted by Gasteiger charge is -2.24. The van der Waals surface area contributed by atoms with Crippen molar-refractivity contribution >= 4 is 28.7 Å². The van der Waals surface area contributed by atoms with Crippen molar-refractivity contribution in [2.45, 2.75) is 38.0 Å². The van der Waals surface area contributed by atoms with Crippen molar-refractivity contribution in [1.82, 2.24) is 14.9 Å². The molecule has 5 aromatic rings. The van der Waals surface area contributed by atoms with Gasteiger partial charge in [-0.05, 0) is 78.8 Å². The minimum Gasteiger partial charge on any atom is -0.455 e. The predicted molar refractivity (Wildman–Crippen MR) is 150 cm³/mol. The van der Waals surface area contributed by atoms with Crippen LogP contribution in [-0.2, 0) is 19.3 Å². The molecule has 0 bridgehead atoms. The van der Waals surface area contributed by atoms with E-state index in [1.807, 2.05) is 55.6 Å². The molecular formula is C31H26F3N3O2S. The van der Waals surface area contributed by atoms with E-state index in [9.17, 15) is 18.0 Å². The first-order valence-electron chi connectivity index (χ1n) is 12.5. The van der Waals surface area contributed by atoms with E-state index in [1.165, 1.54) is 11.0 Å². The Morgan fingerprint density at radius 1 is 0.950 bits per heavy atom. The van der Waals surface area contributed by atoms with Gasteiger partial charge in [0.25, 0.3) is 5.91 Å². The third kappa shape index (κ3) is 5.74. The molecule has 3 aromatic heterocycles. The van der Waals surface area contributed by atoms with Crippen LogP contribution in [0.4, 0.5) is 13.2 Å². The molecule has 0 fully saturated rings. The van der Waals surface area contributed by atoms with Crippen LogP contribution in [0.15, 0.2) is 88.3 Å². The van der Waals surface area contributed by atoms with Crippen LogP contribution in [0.2, 0.25) is 0 Å². The van der Waals surface area contributed by atoms with Gasteiger partial charge in [-0.1, -0.05) is 36.4 Å². The lowest BCUT2D eigenvalue weighted by molar-refractivity contribution is -0.153. The number of carbonyl (C=O) groups is 1. The van der Waals surface area contributed by atoms with Gasteiger partial charge in [-0.3, -0.25) is 14.8 Å². The fourth-order valence-corrected chi connectivity index (χ4v) is 5.01. The summed E-state index contributed by atoms with van der Waals surface area (Å²) in [5, 5.41) is 0. The van der Waals surface area contributed by atoms with Crippen LogP contribution >= 0.6 is 11.8 Å². The van der Waals surface area contributed by atoms with Gasteiger partial charge in [-0.25, -0.2) is 0 Å². The summed E-state index contributed by atoms with van der Waals surface area (Å²) in [6.07, 6.45) is -1.00. The molecule has 0 atom stereocenters. The van der Waals surface area contributed by atoms with Gasteiger partial charge in [0, 0.05) is 23.3 Å². The first kappa shape index (κ1) is 27.5. The number of aromatic nitrogens is 2. The number of carbonyl (C=O) groups excluding carboxylic acids is 1. The molecule has 5 nitrogen and oxygen atoms in total. The summed E-state index contributed by atoms with van der Waals surface area (Å²) < 4.78 is 44.7. The molecule has 0 aliphatic rings. The van der Waals surface area contributed by atoms with E-state index < -0.39 is 11.9 Å². The first-order chi connectivity index (χ1) is 19.1. The predicted octanol–water partition coefficient (Wildman–Crippen LogP) is 8.09. The van der Waals surface area contributed by atoms with Crippen molar-refractivity contribution in [2.75, 3.05) is 6.26 Å². The van der Waals surface area contributed by atoms with Crippen LogP contribution in [0.3, 0.4) is 0 Å². The van der Waals surface area contributed by atoms with Gasteiger partial charge < -0.3 is 9.32 Å². The number of alkyl halides is 3. The minimum absolute atomic E-state index is 0.0341. The molecule has 0 aliphatic heterocycles. The van der Waals surface area contributed by atoms with Crippen molar-refractivity contribution in [1.29, 1.82) is 0 Å². The second-order valence-corrected chi connectivity index (χ2v) is 10.3. The Labute approximate surface area is 234 Å². The van der Waals surface area contributed by atoms with Crippen LogP contribution in [0.1, 0.15) is 38.7 Å². The summed E-state index contributed by atoms with van der Waals surface area (Å²) in [4.78, 5) is 25.7. The molecule has 9 heteroatoms. The molecule has 5 rings (SSSR count). The number of benzene rings is 2. The van der Waals surface area contributed by atoms with E-state index >= 15 is 0 Å². The fourth-order valence-electron chi connectivity index (χ4n) is 4.55. The number of hydrogen-bond acceptors (Lipinski definition) is 5. The number of halogens is 3. The number of furan rings is 1. The van der Waals surface area contributed by atoms with E-state index in [-0.39, 0.29) is 24.8 Å². The van der Waals surface area contributed by atoms with Gasteiger partial charge in [-0.15, -0.1) is 11.8 Å². The number of aryl methyl sites for hydroxylation is 1. The number of pyridine rings is 2. The first-order valence-corrected chi connectivity index (χ1v) is 13.8. The summed E-state index contributed by atoms with van der Waals surface area (Å²) in [6.45, 7) is 3.62. The number of nitrogens with zero attached hydrogens (tertiary/aromatic N) is 3. The standard InChI is InChI=1S/C31H26F3N3O2S/c1-19-20(2)36-26-8-5-15-35-29(26)28(19)30(38)37(18-24-13-14-27(39-24)31(32,33)34)17-21-9-11-22(12-10-21)23-6-4-7-25(16-23)40-3/h4-16H,17-18H2,1-3H3. The summed E-state index contributed by atoms with van der Waals surface area (Å²) in [7, 11) is 0. The lowest BCUT2D eigenvalue weighted by Crippen LogP contribution is -2.31. The second-order valence-electron chi connectivity index (χ2n) is 9.42. The van der Waals surface area contributed by atoms with Crippen LogP contribution in [0, 0.1) is 13.8 Å². The molecule has 0 aliphatic carbocycles. The van der Waals surface area contributed by atoms with Gasteiger partial charge in [0.15, 0.2) is 0 Å². The monoisotopic (exact) mass is 561 g/mol. The normalized spacial score (nSPS) is 11.7. The molecule has 0 N–H and O–H groups in total. The van der Waals surface area contributed by atoms with Crippen molar-refractivity contribution in [2.24, 2.45) is 0 Å². The van der Waals surface area contributed by atoms with Crippen molar-refractivity contribution < 1.29 is 22.4 Å². The minimum atomic E-state index is -4.62. The molecular weight excluding hydrogens is 535 g/mol. The largest absolute Gasteiger partial charge is 0.455 e. The topological polar surface area (TPSA) is 59.2 Å². The van der Waals surface area contributed by atoms with Crippen LogP contribution in [-0.4, -0.2) is 27.0 Å². The molecule has 0 unspecified atom stereocenters. The molecule has 0 spiro atoms. The molecule has 3 heterocycles. The molecule has 204 valence electrons. The average Bonchev–Trinajstić information content (AvgIpc) is 3.43.